The van der Waals surface area contributed by atoms with E-state index in [0.29, 0.717) is 0 Å². The maximum atomic E-state index is 5.82. The Kier molecular flexibility index (Phi) is 3.94. The van der Waals surface area contributed by atoms with Crippen molar-refractivity contribution in [1.29, 1.82) is 0 Å². The smallest absolute Gasteiger partial charge is 0.0824 e. The maximum absolute atomic E-state index is 5.82. The van der Waals surface area contributed by atoms with Crippen molar-refractivity contribution < 1.29 is 0 Å². The highest BCUT2D eigenvalue weighted by atomic mass is 35.5. The van der Waals surface area contributed by atoms with E-state index in [-0.39, 0.29) is 0 Å². The highest BCUT2D eigenvalue weighted by Crippen LogP contribution is 2.12. The first kappa shape index (κ1) is 11.1. The number of rotatable bonds is 5. The van der Waals surface area contributed by atoms with Gasteiger partial charge < -0.3 is 0 Å². The number of hydrogen-bond donors (Lipinski definition) is 1. The molecular formula is C12H14ClN3. The molecule has 84 valence electrons. The molecule has 0 spiro atoms. The molecule has 0 unspecified atom stereocenters. The molecule has 0 aliphatic carbocycles. The molecule has 1 heterocycles. The van der Waals surface area contributed by atoms with Gasteiger partial charge >= 0.3 is 0 Å². The molecule has 0 aliphatic heterocycles. The number of nitrogens with one attached hydrogen (secondary N) is 1. The van der Waals surface area contributed by atoms with Gasteiger partial charge in [-0.1, -0.05) is 23.7 Å². The summed E-state index contributed by atoms with van der Waals surface area (Å²) in [5, 5.41) is 11.2. The summed E-state index contributed by atoms with van der Waals surface area (Å²) in [4.78, 5) is 0. The van der Waals surface area contributed by atoms with Gasteiger partial charge in [0.25, 0.3) is 0 Å². The number of benzene rings is 1. The predicted octanol–water partition coefficient (Wildman–Crippen LogP) is 3.02. The number of halogens is 1. The van der Waals surface area contributed by atoms with E-state index in [0.717, 1.165) is 36.4 Å². The predicted molar refractivity (Wildman–Crippen MR) is 64.5 cm³/mol. The molecule has 1 N–H and O–H groups in total. The lowest BCUT2D eigenvalue weighted by Crippen LogP contribution is -1.89. The van der Waals surface area contributed by atoms with Crippen LogP contribution in [0.5, 0.6) is 0 Å². The molecule has 0 atom stereocenters. The number of aromatic nitrogens is 3. The van der Waals surface area contributed by atoms with Crippen LogP contribution in [0, 0.1) is 0 Å². The van der Waals surface area contributed by atoms with Crippen LogP contribution in [-0.4, -0.2) is 15.4 Å². The van der Waals surface area contributed by atoms with Crippen LogP contribution in [0.4, 0.5) is 0 Å². The molecule has 0 radical (unpaired) electrons. The lowest BCUT2D eigenvalue weighted by atomic mass is 10.1. The van der Waals surface area contributed by atoms with E-state index in [4.69, 9.17) is 11.6 Å². The summed E-state index contributed by atoms with van der Waals surface area (Å²) in [6.45, 7) is 0. The number of nitrogens with zero attached hydrogens (tertiary/aromatic N) is 2. The first-order valence-corrected chi connectivity index (χ1v) is 5.81. The summed E-state index contributed by atoms with van der Waals surface area (Å²) in [5.74, 6) is 0. The van der Waals surface area contributed by atoms with Gasteiger partial charge in [0, 0.05) is 5.02 Å². The van der Waals surface area contributed by atoms with Crippen LogP contribution in [0.3, 0.4) is 0 Å². The molecule has 1 aromatic carbocycles. The Morgan fingerprint density at radius 2 is 1.81 bits per heavy atom. The SMILES string of the molecule is Clc1ccc(CCCCc2cn[nH]n2)cc1. The van der Waals surface area contributed by atoms with Crippen molar-refractivity contribution in [3.63, 3.8) is 0 Å². The first-order chi connectivity index (χ1) is 7.84. The number of aromatic amines is 1. The molecule has 2 rings (SSSR count). The van der Waals surface area contributed by atoms with Gasteiger partial charge in [0.2, 0.25) is 0 Å². The highest BCUT2D eigenvalue weighted by molar-refractivity contribution is 6.30. The number of hydrogen-bond acceptors (Lipinski definition) is 2. The van der Waals surface area contributed by atoms with Crippen LogP contribution in [0.2, 0.25) is 5.02 Å². The van der Waals surface area contributed by atoms with Gasteiger partial charge in [-0.2, -0.15) is 15.4 Å². The molecule has 0 saturated carbocycles. The third-order valence-electron chi connectivity index (χ3n) is 2.53. The average Bonchev–Trinajstić information content (AvgIpc) is 2.80. The Labute approximate surface area is 99.8 Å². The van der Waals surface area contributed by atoms with Crippen LogP contribution in [-0.2, 0) is 12.8 Å². The third-order valence-corrected chi connectivity index (χ3v) is 2.78. The zero-order valence-corrected chi connectivity index (χ0v) is 9.74. The first-order valence-electron chi connectivity index (χ1n) is 5.44. The van der Waals surface area contributed by atoms with Crippen molar-refractivity contribution in [2.45, 2.75) is 25.7 Å². The lowest BCUT2D eigenvalue weighted by Gasteiger charge is -2.00. The summed E-state index contributed by atoms with van der Waals surface area (Å²) in [7, 11) is 0. The van der Waals surface area contributed by atoms with Crippen LogP contribution < -0.4 is 0 Å². The highest BCUT2D eigenvalue weighted by Gasteiger charge is 1.97. The van der Waals surface area contributed by atoms with Gasteiger partial charge in [0.1, 0.15) is 0 Å². The maximum Gasteiger partial charge on any atom is 0.0824 e. The summed E-state index contributed by atoms with van der Waals surface area (Å²) < 4.78 is 0. The number of unbranched alkanes of at least 4 members (excludes halogenated alkanes) is 1. The minimum atomic E-state index is 0.798. The van der Waals surface area contributed by atoms with Crippen molar-refractivity contribution in [3.05, 3.63) is 46.7 Å². The Balaban J connectivity index is 1.70. The summed E-state index contributed by atoms with van der Waals surface area (Å²) in [5.41, 5.74) is 2.38. The average molecular weight is 236 g/mol. The fourth-order valence-electron chi connectivity index (χ4n) is 1.63. The van der Waals surface area contributed by atoms with Gasteiger partial charge in [-0.15, -0.1) is 0 Å². The van der Waals surface area contributed by atoms with Crippen LogP contribution >= 0.6 is 11.6 Å². The van der Waals surface area contributed by atoms with E-state index in [2.05, 4.69) is 27.5 Å². The van der Waals surface area contributed by atoms with Gasteiger partial charge in [-0.05, 0) is 43.4 Å². The van der Waals surface area contributed by atoms with Crippen LogP contribution in [0.25, 0.3) is 0 Å². The molecule has 0 aliphatic rings. The van der Waals surface area contributed by atoms with Crippen molar-refractivity contribution >= 4 is 11.6 Å². The van der Waals surface area contributed by atoms with E-state index in [9.17, 15) is 0 Å². The standard InChI is InChI=1S/C12H14ClN3/c13-11-7-5-10(6-8-11)3-1-2-4-12-9-14-16-15-12/h5-9H,1-4H2,(H,14,15,16). The zero-order valence-electron chi connectivity index (χ0n) is 8.99. The van der Waals surface area contributed by atoms with E-state index >= 15 is 0 Å². The molecule has 16 heavy (non-hydrogen) atoms. The summed E-state index contributed by atoms with van der Waals surface area (Å²) in [6.07, 6.45) is 6.16. The molecule has 0 amide bonds. The van der Waals surface area contributed by atoms with Crippen molar-refractivity contribution in [2.75, 3.05) is 0 Å². The normalized spacial score (nSPS) is 10.6. The number of aryl methyl sites for hydroxylation is 2. The van der Waals surface area contributed by atoms with E-state index < -0.39 is 0 Å². The molecule has 3 nitrogen and oxygen atoms in total. The second kappa shape index (κ2) is 5.66. The van der Waals surface area contributed by atoms with Crippen molar-refractivity contribution in [1.82, 2.24) is 15.4 Å². The molecule has 0 bridgehead atoms. The molecule has 4 heteroatoms. The summed E-state index contributed by atoms with van der Waals surface area (Å²) in [6, 6.07) is 8.04. The minimum absolute atomic E-state index is 0.798. The van der Waals surface area contributed by atoms with Gasteiger partial charge in [0.05, 0.1) is 11.9 Å². The largest absolute Gasteiger partial charge is 0.198 e. The van der Waals surface area contributed by atoms with Gasteiger partial charge in [-0.3, -0.25) is 0 Å². The Hall–Kier alpha value is -1.35. The van der Waals surface area contributed by atoms with E-state index in [1.54, 1.807) is 6.20 Å². The Morgan fingerprint density at radius 1 is 1.06 bits per heavy atom. The van der Waals surface area contributed by atoms with Gasteiger partial charge in [-0.25, -0.2) is 0 Å². The third kappa shape index (κ3) is 3.35. The monoisotopic (exact) mass is 235 g/mol. The Bertz CT molecular complexity index is 408. The quantitative estimate of drug-likeness (QED) is 0.810. The Morgan fingerprint density at radius 3 is 2.50 bits per heavy atom. The second-order valence-corrected chi connectivity index (χ2v) is 4.23. The molecule has 2 aromatic rings. The van der Waals surface area contributed by atoms with Crippen molar-refractivity contribution in [2.24, 2.45) is 0 Å². The van der Waals surface area contributed by atoms with E-state index in [1.807, 2.05) is 12.1 Å². The molecule has 0 fully saturated rings. The van der Waals surface area contributed by atoms with E-state index in [1.165, 1.54) is 5.56 Å². The van der Waals surface area contributed by atoms with Crippen molar-refractivity contribution in [3.8, 4) is 0 Å². The molecule has 1 aromatic heterocycles. The fourth-order valence-corrected chi connectivity index (χ4v) is 1.76. The topological polar surface area (TPSA) is 41.6 Å². The van der Waals surface area contributed by atoms with Crippen LogP contribution in [0.1, 0.15) is 24.1 Å². The molecular weight excluding hydrogens is 222 g/mol. The second-order valence-electron chi connectivity index (χ2n) is 3.79. The van der Waals surface area contributed by atoms with Gasteiger partial charge in [0.15, 0.2) is 0 Å². The number of H-pyrrole nitrogens is 1. The zero-order chi connectivity index (χ0) is 11.2. The fraction of sp³-hybridized carbons (Fsp3) is 0.333. The van der Waals surface area contributed by atoms with Crippen LogP contribution in [0.15, 0.2) is 30.5 Å². The lowest BCUT2D eigenvalue weighted by molar-refractivity contribution is 0.720. The summed E-state index contributed by atoms with van der Waals surface area (Å²) >= 11 is 5.82. The minimum Gasteiger partial charge on any atom is -0.198 e. The molecule has 0 saturated heterocycles.